The van der Waals surface area contributed by atoms with Crippen LogP contribution in [0.25, 0.3) is 0 Å². The third-order valence-electron chi connectivity index (χ3n) is 3.82. The van der Waals surface area contributed by atoms with Crippen LogP contribution in [0.2, 0.25) is 0 Å². The molecule has 2 aliphatic rings. The van der Waals surface area contributed by atoms with Crippen LogP contribution in [0.1, 0.15) is 61.0 Å². The van der Waals surface area contributed by atoms with Gasteiger partial charge < -0.3 is 5.11 Å². The summed E-state index contributed by atoms with van der Waals surface area (Å²) in [6.07, 6.45) is 3.99. The van der Waals surface area contributed by atoms with E-state index in [4.69, 9.17) is 0 Å². The van der Waals surface area contributed by atoms with Crippen molar-refractivity contribution in [2.75, 3.05) is 0 Å². The van der Waals surface area contributed by atoms with Gasteiger partial charge in [-0.25, -0.2) is 18.7 Å². The summed E-state index contributed by atoms with van der Waals surface area (Å²) in [5.74, 6) is -1.86. The highest BCUT2D eigenvalue weighted by Crippen LogP contribution is 2.45. The van der Waals surface area contributed by atoms with Crippen molar-refractivity contribution in [2.24, 2.45) is 0 Å². The van der Waals surface area contributed by atoms with Crippen molar-refractivity contribution in [3.8, 4) is 0 Å². The minimum Gasteiger partial charge on any atom is -0.392 e. The third kappa shape index (κ3) is 2.23. The standard InChI is InChI=1S/C13H16F2N2O/c14-13(15)4-3-9(5-13)12-16-6-10(7-18)11(17-12)8-1-2-8/h6,8-9,18H,1-5,7H2. The van der Waals surface area contributed by atoms with Crippen molar-refractivity contribution in [3.63, 3.8) is 0 Å². The van der Waals surface area contributed by atoms with Crippen molar-refractivity contribution in [2.45, 2.75) is 56.5 Å². The van der Waals surface area contributed by atoms with Crippen LogP contribution in [0.3, 0.4) is 0 Å². The van der Waals surface area contributed by atoms with Gasteiger partial charge in [-0.1, -0.05) is 0 Å². The molecule has 0 radical (unpaired) electrons. The van der Waals surface area contributed by atoms with E-state index in [0.29, 0.717) is 18.2 Å². The van der Waals surface area contributed by atoms with Crippen LogP contribution in [0, 0.1) is 0 Å². The number of alkyl halides is 2. The molecular weight excluding hydrogens is 238 g/mol. The van der Waals surface area contributed by atoms with Gasteiger partial charge >= 0.3 is 0 Å². The summed E-state index contributed by atoms with van der Waals surface area (Å²) in [6.45, 7) is -0.0764. The van der Waals surface area contributed by atoms with Gasteiger partial charge in [-0.2, -0.15) is 0 Å². The fraction of sp³-hybridized carbons (Fsp3) is 0.692. The second kappa shape index (κ2) is 4.23. The molecule has 0 amide bonds. The second-order valence-corrected chi connectivity index (χ2v) is 5.37. The number of aliphatic hydroxyl groups is 1. The number of hydrogen-bond donors (Lipinski definition) is 1. The van der Waals surface area contributed by atoms with E-state index in [0.717, 1.165) is 24.1 Å². The molecule has 98 valence electrons. The van der Waals surface area contributed by atoms with E-state index in [1.807, 2.05) is 0 Å². The summed E-state index contributed by atoms with van der Waals surface area (Å²) >= 11 is 0. The van der Waals surface area contributed by atoms with Crippen LogP contribution in [-0.4, -0.2) is 21.0 Å². The lowest BCUT2D eigenvalue weighted by Crippen LogP contribution is -2.11. The van der Waals surface area contributed by atoms with E-state index in [9.17, 15) is 13.9 Å². The Bertz CT molecular complexity index is 460. The largest absolute Gasteiger partial charge is 0.392 e. The smallest absolute Gasteiger partial charge is 0.248 e. The number of rotatable bonds is 3. The highest BCUT2D eigenvalue weighted by molar-refractivity contribution is 5.25. The molecule has 0 aliphatic heterocycles. The van der Waals surface area contributed by atoms with Gasteiger partial charge in [-0.05, 0) is 19.3 Å². The predicted molar refractivity (Wildman–Crippen MR) is 61.5 cm³/mol. The minimum absolute atomic E-state index is 0.0679. The molecule has 1 unspecified atom stereocenters. The SMILES string of the molecule is OCc1cnc(C2CCC(F)(F)C2)nc1C1CC1. The van der Waals surface area contributed by atoms with Crippen LogP contribution >= 0.6 is 0 Å². The molecule has 18 heavy (non-hydrogen) atoms. The maximum absolute atomic E-state index is 13.2. The van der Waals surface area contributed by atoms with Gasteiger partial charge in [0.25, 0.3) is 0 Å². The van der Waals surface area contributed by atoms with Gasteiger partial charge in [0.15, 0.2) is 0 Å². The number of halogens is 2. The third-order valence-corrected chi connectivity index (χ3v) is 3.82. The molecule has 1 heterocycles. The summed E-state index contributed by atoms with van der Waals surface area (Å²) in [4.78, 5) is 8.61. The Hall–Kier alpha value is -1.10. The number of nitrogens with zero attached hydrogens (tertiary/aromatic N) is 2. The Labute approximate surface area is 104 Å². The van der Waals surface area contributed by atoms with E-state index in [1.165, 1.54) is 0 Å². The van der Waals surface area contributed by atoms with Gasteiger partial charge in [0.2, 0.25) is 5.92 Å². The molecule has 3 nitrogen and oxygen atoms in total. The zero-order valence-corrected chi connectivity index (χ0v) is 10.1. The lowest BCUT2D eigenvalue weighted by molar-refractivity contribution is 0.00753. The predicted octanol–water partition coefficient (Wildman–Crippen LogP) is 2.75. The Balaban J connectivity index is 1.87. The second-order valence-electron chi connectivity index (χ2n) is 5.37. The van der Waals surface area contributed by atoms with E-state index in [1.54, 1.807) is 6.20 Å². The lowest BCUT2D eigenvalue weighted by Gasteiger charge is -2.12. The Morgan fingerprint density at radius 2 is 2.06 bits per heavy atom. The Morgan fingerprint density at radius 1 is 1.28 bits per heavy atom. The van der Waals surface area contributed by atoms with Crippen LogP contribution in [0.15, 0.2) is 6.20 Å². The molecular formula is C13H16F2N2O. The lowest BCUT2D eigenvalue weighted by atomic mass is 10.1. The number of aromatic nitrogens is 2. The molecule has 0 spiro atoms. The summed E-state index contributed by atoms with van der Waals surface area (Å²) in [7, 11) is 0. The summed E-state index contributed by atoms with van der Waals surface area (Å²) in [5.41, 5.74) is 1.61. The zero-order valence-electron chi connectivity index (χ0n) is 10.1. The van der Waals surface area contributed by atoms with E-state index in [-0.39, 0.29) is 25.4 Å². The highest BCUT2D eigenvalue weighted by Gasteiger charge is 2.41. The molecule has 0 bridgehead atoms. The fourth-order valence-corrected chi connectivity index (χ4v) is 2.63. The fourth-order valence-electron chi connectivity index (χ4n) is 2.63. The van der Waals surface area contributed by atoms with Crippen LogP contribution in [0.5, 0.6) is 0 Å². The van der Waals surface area contributed by atoms with Crippen LogP contribution in [0.4, 0.5) is 8.78 Å². The number of aliphatic hydroxyl groups excluding tert-OH is 1. The first-order chi connectivity index (χ1) is 8.59. The number of hydrogen-bond acceptors (Lipinski definition) is 3. The summed E-state index contributed by atoms with van der Waals surface area (Å²) in [5, 5.41) is 9.23. The quantitative estimate of drug-likeness (QED) is 0.902. The molecule has 2 aliphatic carbocycles. The van der Waals surface area contributed by atoms with Gasteiger partial charge in [0.05, 0.1) is 12.3 Å². The molecule has 2 fully saturated rings. The normalized spacial score (nSPS) is 26.5. The van der Waals surface area contributed by atoms with Crippen molar-refractivity contribution in [1.29, 1.82) is 0 Å². The molecule has 0 saturated heterocycles. The van der Waals surface area contributed by atoms with Crippen molar-refractivity contribution < 1.29 is 13.9 Å². The zero-order chi connectivity index (χ0) is 12.8. The molecule has 5 heteroatoms. The van der Waals surface area contributed by atoms with Gasteiger partial charge in [-0.3, -0.25) is 0 Å². The Morgan fingerprint density at radius 3 is 2.61 bits per heavy atom. The first-order valence-corrected chi connectivity index (χ1v) is 6.43. The van der Waals surface area contributed by atoms with Crippen LogP contribution < -0.4 is 0 Å². The maximum Gasteiger partial charge on any atom is 0.248 e. The summed E-state index contributed by atoms with van der Waals surface area (Å²) < 4.78 is 26.4. The first kappa shape index (κ1) is 12.0. The van der Waals surface area contributed by atoms with Crippen molar-refractivity contribution in [1.82, 2.24) is 9.97 Å². The monoisotopic (exact) mass is 254 g/mol. The van der Waals surface area contributed by atoms with Crippen molar-refractivity contribution >= 4 is 0 Å². The molecule has 1 aromatic heterocycles. The molecule has 0 aromatic carbocycles. The molecule has 1 N–H and O–H groups in total. The van der Waals surface area contributed by atoms with Crippen molar-refractivity contribution in [3.05, 3.63) is 23.3 Å². The average Bonchev–Trinajstić information content (AvgIpc) is 3.13. The van der Waals surface area contributed by atoms with Gasteiger partial charge in [0, 0.05) is 36.4 Å². The maximum atomic E-state index is 13.2. The molecule has 3 rings (SSSR count). The first-order valence-electron chi connectivity index (χ1n) is 6.43. The topological polar surface area (TPSA) is 46.0 Å². The summed E-state index contributed by atoms with van der Waals surface area (Å²) in [6, 6.07) is 0. The molecule has 1 aromatic rings. The van der Waals surface area contributed by atoms with Gasteiger partial charge in [-0.15, -0.1) is 0 Å². The molecule has 2 saturated carbocycles. The van der Waals surface area contributed by atoms with E-state index >= 15 is 0 Å². The molecule has 1 atom stereocenters. The van der Waals surface area contributed by atoms with Crippen LogP contribution in [-0.2, 0) is 6.61 Å². The van der Waals surface area contributed by atoms with E-state index < -0.39 is 5.92 Å². The minimum atomic E-state index is -2.57. The van der Waals surface area contributed by atoms with E-state index in [2.05, 4.69) is 9.97 Å². The van der Waals surface area contributed by atoms with Gasteiger partial charge in [0.1, 0.15) is 5.82 Å². The Kier molecular flexibility index (Phi) is 2.81. The average molecular weight is 254 g/mol. The highest BCUT2D eigenvalue weighted by atomic mass is 19.3.